The van der Waals surface area contributed by atoms with Crippen molar-refractivity contribution in [2.75, 3.05) is 32.7 Å². The molecule has 3 rings (SSSR count). The van der Waals surface area contributed by atoms with Crippen molar-refractivity contribution >= 4 is 5.96 Å². The van der Waals surface area contributed by atoms with Gasteiger partial charge in [0.05, 0.1) is 5.69 Å². The number of nitrogens with one attached hydrogen (secondary N) is 2. The summed E-state index contributed by atoms with van der Waals surface area (Å²) in [6.07, 6.45) is 7.30. The van der Waals surface area contributed by atoms with Crippen LogP contribution in [0.4, 0.5) is 0 Å². The minimum Gasteiger partial charge on any atom is -0.357 e. The normalized spacial score (nSPS) is 18.2. The number of likely N-dealkylation sites (tertiary alicyclic amines) is 1. The molecule has 1 fully saturated rings. The van der Waals surface area contributed by atoms with Crippen molar-refractivity contribution in [3.63, 3.8) is 0 Å². The minimum absolute atomic E-state index is 0.632. The van der Waals surface area contributed by atoms with Gasteiger partial charge >= 0.3 is 0 Å². The predicted molar refractivity (Wildman–Crippen MR) is 121 cm³/mol. The molecule has 1 aromatic carbocycles. The number of benzene rings is 1. The Balaban J connectivity index is 1.47. The number of rotatable bonds is 8. The average Bonchev–Trinajstić information content (AvgIpc) is 3.27. The fourth-order valence-electron chi connectivity index (χ4n) is 3.84. The topological polar surface area (TPSA) is 57.5 Å². The zero-order valence-corrected chi connectivity index (χ0v) is 18.1. The van der Waals surface area contributed by atoms with Crippen LogP contribution in [0.5, 0.6) is 0 Å². The van der Waals surface area contributed by atoms with Crippen LogP contribution in [0.15, 0.2) is 47.7 Å². The molecule has 0 amide bonds. The first kappa shape index (κ1) is 21.4. The number of aromatic nitrogens is 2. The Labute approximate surface area is 175 Å². The average molecular weight is 397 g/mol. The maximum Gasteiger partial charge on any atom is 0.191 e. The van der Waals surface area contributed by atoms with Crippen LogP contribution in [0.3, 0.4) is 0 Å². The van der Waals surface area contributed by atoms with Crippen LogP contribution < -0.4 is 10.6 Å². The van der Waals surface area contributed by atoms with Crippen LogP contribution in [0.1, 0.15) is 39.2 Å². The Hall–Kier alpha value is -2.34. The second-order valence-electron chi connectivity index (χ2n) is 8.11. The molecule has 2 heterocycles. The van der Waals surface area contributed by atoms with Gasteiger partial charge in [0.15, 0.2) is 5.96 Å². The number of piperidine rings is 1. The minimum atomic E-state index is 0.632. The monoisotopic (exact) mass is 396 g/mol. The van der Waals surface area contributed by atoms with Crippen molar-refractivity contribution in [3.8, 4) is 5.69 Å². The molecule has 0 bridgehead atoms. The SMILES string of the molecule is CCNC(=NCC1CCCN(C(C)C)C1)NCCc1ccc(-n2cccn2)cc1. The van der Waals surface area contributed by atoms with Crippen molar-refractivity contribution in [1.29, 1.82) is 0 Å². The van der Waals surface area contributed by atoms with E-state index < -0.39 is 0 Å². The number of guanidine groups is 1. The van der Waals surface area contributed by atoms with E-state index >= 15 is 0 Å². The standard InChI is InChI=1S/C23H36N6/c1-4-24-23(26-17-21-7-5-15-28(18-21)19(2)3)25-14-12-20-8-10-22(11-9-20)29-16-6-13-27-29/h6,8-11,13,16,19,21H,4-5,7,12,14-15,17-18H2,1-3H3,(H2,24,25,26). The molecule has 0 spiro atoms. The highest BCUT2D eigenvalue weighted by Crippen LogP contribution is 2.18. The first-order chi connectivity index (χ1) is 14.2. The molecular formula is C23H36N6. The van der Waals surface area contributed by atoms with Gasteiger partial charge in [-0.3, -0.25) is 4.99 Å². The quantitative estimate of drug-likeness (QED) is 0.532. The van der Waals surface area contributed by atoms with Crippen LogP contribution in [0.2, 0.25) is 0 Å². The molecule has 158 valence electrons. The van der Waals surface area contributed by atoms with Gasteiger partial charge in [-0.2, -0.15) is 5.10 Å². The van der Waals surface area contributed by atoms with Crippen LogP contribution in [-0.4, -0.2) is 59.4 Å². The first-order valence-electron chi connectivity index (χ1n) is 11.0. The van der Waals surface area contributed by atoms with Gasteiger partial charge in [-0.1, -0.05) is 12.1 Å². The van der Waals surface area contributed by atoms with E-state index in [0.29, 0.717) is 12.0 Å². The fourth-order valence-corrected chi connectivity index (χ4v) is 3.84. The van der Waals surface area contributed by atoms with E-state index in [1.54, 1.807) is 6.20 Å². The van der Waals surface area contributed by atoms with Crippen molar-refractivity contribution in [2.45, 2.75) is 46.1 Å². The van der Waals surface area contributed by atoms with Crippen molar-refractivity contribution in [1.82, 2.24) is 25.3 Å². The second kappa shape index (κ2) is 11.0. The molecule has 2 N–H and O–H groups in total. The van der Waals surface area contributed by atoms with E-state index in [-0.39, 0.29) is 0 Å². The van der Waals surface area contributed by atoms with Crippen molar-refractivity contribution in [3.05, 3.63) is 48.3 Å². The third kappa shape index (κ3) is 6.60. The highest BCUT2D eigenvalue weighted by molar-refractivity contribution is 5.79. The molecule has 1 saturated heterocycles. The summed E-state index contributed by atoms with van der Waals surface area (Å²) < 4.78 is 1.88. The van der Waals surface area contributed by atoms with Gasteiger partial charge in [-0.05, 0) is 76.3 Å². The highest BCUT2D eigenvalue weighted by Gasteiger charge is 2.21. The van der Waals surface area contributed by atoms with E-state index in [1.807, 2.05) is 16.9 Å². The first-order valence-corrected chi connectivity index (χ1v) is 11.0. The molecule has 2 aromatic rings. The molecule has 1 aliphatic heterocycles. The second-order valence-corrected chi connectivity index (χ2v) is 8.11. The molecule has 1 atom stereocenters. The maximum atomic E-state index is 4.87. The van der Waals surface area contributed by atoms with E-state index in [9.17, 15) is 0 Å². The zero-order chi connectivity index (χ0) is 20.5. The summed E-state index contributed by atoms with van der Waals surface area (Å²) >= 11 is 0. The van der Waals surface area contributed by atoms with Crippen molar-refractivity contribution in [2.24, 2.45) is 10.9 Å². The van der Waals surface area contributed by atoms with Gasteiger partial charge in [-0.15, -0.1) is 0 Å². The van der Waals surface area contributed by atoms with E-state index in [2.05, 4.69) is 65.7 Å². The lowest BCUT2D eigenvalue weighted by molar-refractivity contribution is 0.143. The summed E-state index contributed by atoms with van der Waals surface area (Å²) in [7, 11) is 0. The summed E-state index contributed by atoms with van der Waals surface area (Å²) in [5.74, 6) is 1.60. The molecule has 0 radical (unpaired) electrons. The number of nitrogens with zero attached hydrogens (tertiary/aromatic N) is 4. The lowest BCUT2D eigenvalue weighted by Gasteiger charge is -2.34. The fraction of sp³-hybridized carbons (Fsp3) is 0.565. The predicted octanol–water partition coefficient (Wildman–Crippen LogP) is 3.09. The van der Waals surface area contributed by atoms with E-state index in [4.69, 9.17) is 4.99 Å². The highest BCUT2D eigenvalue weighted by atomic mass is 15.3. The lowest BCUT2D eigenvalue weighted by Crippen LogP contribution is -2.42. The van der Waals surface area contributed by atoms with Gasteiger partial charge in [0, 0.05) is 44.6 Å². The molecule has 0 saturated carbocycles. The van der Waals surface area contributed by atoms with Gasteiger partial charge in [0.2, 0.25) is 0 Å². The molecular weight excluding hydrogens is 360 g/mol. The summed E-state index contributed by atoms with van der Waals surface area (Å²) in [5.41, 5.74) is 2.40. The largest absolute Gasteiger partial charge is 0.357 e. The number of hydrogen-bond acceptors (Lipinski definition) is 3. The summed E-state index contributed by atoms with van der Waals surface area (Å²) in [4.78, 5) is 7.45. The Bertz CT molecular complexity index is 735. The van der Waals surface area contributed by atoms with Crippen LogP contribution in [0.25, 0.3) is 5.69 Å². The van der Waals surface area contributed by atoms with Crippen molar-refractivity contribution < 1.29 is 0 Å². The van der Waals surface area contributed by atoms with E-state index in [1.165, 1.54) is 31.5 Å². The Morgan fingerprint density at radius 2 is 2.07 bits per heavy atom. The third-order valence-corrected chi connectivity index (χ3v) is 5.54. The van der Waals surface area contributed by atoms with Crippen LogP contribution >= 0.6 is 0 Å². The molecule has 1 aromatic heterocycles. The molecule has 1 unspecified atom stereocenters. The third-order valence-electron chi connectivity index (χ3n) is 5.54. The summed E-state index contributed by atoms with van der Waals surface area (Å²) in [5, 5.41) is 11.1. The Kier molecular flexibility index (Phi) is 8.11. The Morgan fingerprint density at radius 1 is 1.24 bits per heavy atom. The molecule has 6 heteroatoms. The van der Waals surface area contributed by atoms with Crippen LogP contribution in [0, 0.1) is 5.92 Å². The van der Waals surface area contributed by atoms with E-state index in [0.717, 1.165) is 37.7 Å². The zero-order valence-electron chi connectivity index (χ0n) is 18.1. The lowest BCUT2D eigenvalue weighted by atomic mass is 9.97. The summed E-state index contributed by atoms with van der Waals surface area (Å²) in [6, 6.07) is 11.1. The van der Waals surface area contributed by atoms with Crippen LogP contribution in [-0.2, 0) is 6.42 Å². The molecule has 29 heavy (non-hydrogen) atoms. The number of aliphatic imine (C=N–C) groups is 1. The number of hydrogen-bond donors (Lipinski definition) is 2. The van der Waals surface area contributed by atoms with Gasteiger partial charge in [-0.25, -0.2) is 4.68 Å². The smallest absolute Gasteiger partial charge is 0.191 e. The maximum absolute atomic E-state index is 4.87. The van der Waals surface area contributed by atoms with Gasteiger partial charge in [0.25, 0.3) is 0 Å². The molecule has 6 nitrogen and oxygen atoms in total. The Morgan fingerprint density at radius 3 is 2.76 bits per heavy atom. The molecule has 0 aliphatic carbocycles. The van der Waals surface area contributed by atoms with Gasteiger partial charge in [0.1, 0.15) is 0 Å². The molecule has 1 aliphatic rings. The summed E-state index contributed by atoms with van der Waals surface area (Å²) in [6.45, 7) is 11.8. The van der Waals surface area contributed by atoms with Gasteiger partial charge < -0.3 is 15.5 Å².